The number of fused-ring (bicyclic) bond motifs is 2. The fraction of sp³-hybridized carbons (Fsp3) is 0.469. The zero-order valence-corrected chi connectivity index (χ0v) is 41.3. The SMILES string of the molecule is CCN1C(=CC=C2C=C(C=CC3=[N+](CC)c4ccc(S(=O)(=O)O)cc4C3(C)C)CC(C(=O)NCCCCCC(=O)ON3C(=O)CCC3=O)(C(=O)NCCS(=O)(=O)O)C2)C(C)(C)c2cc(C)ccc21. The monoisotopic (exact) mass is 976 g/mol. The highest BCUT2D eigenvalue weighted by Gasteiger charge is 2.49. The molecular weight excluding hydrogens is 915 g/mol. The van der Waals surface area contributed by atoms with Crippen molar-refractivity contribution in [3.63, 3.8) is 0 Å². The van der Waals surface area contributed by atoms with Crippen molar-refractivity contribution in [3.8, 4) is 0 Å². The Bertz CT molecular complexity index is 2790. The van der Waals surface area contributed by atoms with Gasteiger partial charge in [0.05, 0.1) is 16.1 Å². The largest absolute Gasteiger partial charge is 0.355 e. The van der Waals surface area contributed by atoms with Crippen LogP contribution in [0.5, 0.6) is 0 Å². The van der Waals surface area contributed by atoms with E-state index in [9.17, 15) is 49.9 Å². The normalized spacial score (nSPS) is 21.2. The number of carbonyl (C=O) groups is 5. The lowest BCUT2D eigenvalue weighted by Gasteiger charge is -2.35. The predicted octanol–water partition coefficient (Wildman–Crippen LogP) is 5.82. The molecule has 1 aliphatic carbocycles. The molecular formula is C49H62N5O12S2+. The maximum absolute atomic E-state index is 14.7. The van der Waals surface area contributed by atoms with Crippen LogP contribution in [0.4, 0.5) is 11.4 Å². The molecule has 0 bridgehead atoms. The van der Waals surface area contributed by atoms with E-state index in [1.165, 1.54) is 12.1 Å². The van der Waals surface area contributed by atoms with Crippen LogP contribution in [0.1, 0.15) is 110 Å². The molecule has 19 heteroatoms. The summed E-state index contributed by atoms with van der Waals surface area (Å²) in [7, 11) is -8.96. The van der Waals surface area contributed by atoms with Crippen LogP contribution < -0.4 is 15.5 Å². The summed E-state index contributed by atoms with van der Waals surface area (Å²) < 4.78 is 69.3. The molecule has 0 spiro atoms. The van der Waals surface area contributed by atoms with E-state index in [-0.39, 0.29) is 43.5 Å². The molecule has 366 valence electrons. The number of aryl methyl sites for hydroxylation is 1. The van der Waals surface area contributed by atoms with Gasteiger partial charge in [-0.1, -0.05) is 56.2 Å². The number of likely N-dealkylation sites (N-methyl/N-ethyl adjacent to an activating group) is 1. The van der Waals surface area contributed by atoms with Crippen molar-refractivity contribution >= 4 is 66.9 Å². The zero-order valence-electron chi connectivity index (χ0n) is 39.7. The maximum Gasteiger partial charge on any atom is 0.333 e. The maximum atomic E-state index is 14.7. The van der Waals surface area contributed by atoms with Crippen molar-refractivity contribution in [3.05, 3.63) is 100 Å². The number of nitrogens with zero attached hydrogens (tertiary/aromatic N) is 3. The first-order chi connectivity index (χ1) is 31.8. The molecule has 4 amide bonds. The van der Waals surface area contributed by atoms with E-state index >= 15 is 0 Å². The summed E-state index contributed by atoms with van der Waals surface area (Å²) in [6.07, 6.45) is 10.4. The van der Waals surface area contributed by atoms with Crippen LogP contribution in [-0.2, 0) is 59.9 Å². The number of nitrogens with one attached hydrogen (secondary N) is 2. The van der Waals surface area contributed by atoms with Gasteiger partial charge in [-0.25, -0.2) is 4.79 Å². The van der Waals surface area contributed by atoms with E-state index in [4.69, 9.17) is 4.84 Å². The van der Waals surface area contributed by atoms with Gasteiger partial charge in [0.2, 0.25) is 17.5 Å². The highest BCUT2D eigenvalue weighted by atomic mass is 32.2. The molecule has 4 aliphatic rings. The van der Waals surface area contributed by atoms with Crippen molar-refractivity contribution in [1.29, 1.82) is 0 Å². The Balaban J connectivity index is 1.35. The summed E-state index contributed by atoms with van der Waals surface area (Å²) >= 11 is 0. The molecule has 3 heterocycles. The van der Waals surface area contributed by atoms with Gasteiger partial charge in [-0.05, 0) is 101 Å². The van der Waals surface area contributed by atoms with Gasteiger partial charge in [-0.3, -0.25) is 28.3 Å². The van der Waals surface area contributed by atoms with Crippen LogP contribution in [0.2, 0.25) is 0 Å². The number of rotatable bonds is 18. The Hall–Kier alpha value is -5.76. The Morgan fingerprint density at radius 2 is 1.50 bits per heavy atom. The number of benzene rings is 2. The summed E-state index contributed by atoms with van der Waals surface area (Å²) in [5.74, 6) is -4.05. The third-order valence-electron chi connectivity index (χ3n) is 13.2. The third-order valence-corrected chi connectivity index (χ3v) is 14.8. The van der Waals surface area contributed by atoms with Crippen LogP contribution in [0.3, 0.4) is 0 Å². The van der Waals surface area contributed by atoms with Crippen LogP contribution in [0.25, 0.3) is 0 Å². The van der Waals surface area contributed by atoms with Crippen molar-refractivity contribution in [2.24, 2.45) is 5.41 Å². The molecule has 3 aliphatic heterocycles. The standard InChI is InChI=1S/C49H61N5O12S2/c1-8-52-38-18-14-32(3)27-36(38)47(4,5)40(52)20-15-33-28-34(16-21-41-48(6,7)37-29-35(68(63,64)65)17-19-39(37)53(41)9-2)31-49(30-33,46(59)51-25-26-67(60,61)62)45(58)50-24-12-10-11-13-44(57)66-54-42(55)22-23-43(54)56/h14-21,27-29H,8-13,22-26,30-31H2,1-7H3,(H3-,50,51,58,59,60,61,62,63,64,65)/p+1. The van der Waals surface area contributed by atoms with Gasteiger partial charge in [-0.15, -0.1) is 5.06 Å². The van der Waals surface area contributed by atoms with Gasteiger partial charge in [0, 0.05) is 73.4 Å². The Kier molecular flexibility index (Phi) is 15.2. The van der Waals surface area contributed by atoms with E-state index in [0.29, 0.717) is 54.1 Å². The minimum atomic E-state index is -4.49. The highest BCUT2D eigenvalue weighted by molar-refractivity contribution is 7.86. The topological polar surface area (TPSA) is 237 Å². The smallest absolute Gasteiger partial charge is 0.333 e. The van der Waals surface area contributed by atoms with E-state index in [2.05, 4.69) is 54.5 Å². The molecule has 1 unspecified atom stereocenters. The highest BCUT2D eigenvalue weighted by Crippen LogP contribution is 2.49. The van der Waals surface area contributed by atoms with Crippen LogP contribution in [0.15, 0.2) is 88.5 Å². The Morgan fingerprint density at radius 3 is 2.13 bits per heavy atom. The minimum absolute atomic E-state index is 0.0226. The first kappa shape index (κ1) is 51.6. The quantitative estimate of drug-likeness (QED) is 0.0454. The first-order valence-corrected chi connectivity index (χ1v) is 25.9. The Labute approximate surface area is 398 Å². The van der Waals surface area contributed by atoms with Gasteiger partial charge in [0.15, 0.2) is 5.71 Å². The third kappa shape index (κ3) is 10.9. The minimum Gasteiger partial charge on any atom is -0.355 e. The number of amides is 4. The van der Waals surface area contributed by atoms with Crippen LogP contribution in [-0.4, -0.2) is 103 Å². The molecule has 1 saturated heterocycles. The van der Waals surface area contributed by atoms with Gasteiger partial charge >= 0.3 is 5.97 Å². The lowest BCUT2D eigenvalue weighted by Crippen LogP contribution is -2.53. The van der Waals surface area contributed by atoms with Crippen LogP contribution in [0, 0.1) is 12.3 Å². The molecule has 2 aromatic carbocycles. The fourth-order valence-electron chi connectivity index (χ4n) is 9.61. The van der Waals surface area contributed by atoms with E-state index in [1.54, 1.807) is 6.07 Å². The predicted molar refractivity (Wildman–Crippen MR) is 255 cm³/mol. The molecule has 0 aromatic heterocycles. The van der Waals surface area contributed by atoms with Gasteiger partial charge in [0.25, 0.3) is 32.1 Å². The summed E-state index contributed by atoms with van der Waals surface area (Å²) in [5, 5.41) is 6.01. The van der Waals surface area contributed by atoms with Gasteiger partial charge in [0.1, 0.15) is 12.0 Å². The molecule has 17 nitrogen and oxygen atoms in total. The number of hydrogen-bond acceptors (Lipinski definition) is 11. The molecule has 0 radical (unpaired) electrons. The number of anilines is 1. The molecule has 6 rings (SSSR count). The van der Waals surface area contributed by atoms with Gasteiger partial charge < -0.3 is 20.4 Å². The summed E-state index contributed by atoms with van der Waals surface area (Å²) in [6.45, 7) is 15.0. The number of unbranched alkanes of at least 4 members (excludes halogenated alkanes) is 2. The zero-order chi connectivity index (χ0) is 50.0. The van der Waals surface area contributed by atoms with Crippen molar-refractivity contribution in [1.82, 2.24) is 15.7 Å². The molecule has 2 aromatic rings. The summed E-state index contributed by atoms with van der Waals surface area (Å²) in [6, 6.07) is 10.8. The lowest BCUT2D eigenvalue weighted by molar-refractivity contribution is -0.433. The lowest BCUT2D eigenvalue weighted by atomic mass is 9.70. The van der Waals surface area contributed by atoms with Crippen molar-refractivity contribution < 1.29 is 59.3 Å². The van der Waals surface area contributed by atoms with Crippen LogP contribution >= 0.6 is 0 Å². The molecule has 0 saturated carbocycles. The number of hydroxylamine groups is 2. The molecule has 1 atom stereocenters. The number of allylic oxidation sites excluding steroid dienone is 8. The average Bonchev–Trinajstić information content (AvgIpc) is 3.78. The summed E-state index contributed by atoms with van der Waals surface area (Å²) in [5.41, 5.74) is 4.81. The number of imide groups is 1. The average molecular weight is 977 g/mol. The van der Waals surface area contributed by atoms with Crippen molar-refractivity contribution in [2.75, 3.05) is 36.8 Å². The first-order valence-electron chi connectivity index (χ1n) is 22.9. The van der Waals surface area contributed by atoms with E-state index < -0.39 is 78.4 Å². The van der Waals surface area contributed by atoms with Gasteiger partial charge in [-0.2, -0.15) is 21.4 Å². The number of hydrogen-bond donors (Lipinski definition) is 4. The summed E-state index contributed by atoms with van der Waals surface area (Å²) in [4.78, 5) is 72.3. The molecule has 68 heavy (non-hydrogen) atoms. The Morgan fingerprint density at radius 1 is 0.824 bits per heavy atom. The second-order valence-electron chi connectivity index (χ2n) is 18.7. The molecule has 4 N–H and O–H groups in total. The van der Waals surface area contributed by atoms with Crippen molar-refractivity contribution in [2.45, 2.75) is 116 Å². The van der Waals surface area contributed by atoms with E-state index in [0.717, 1.165) is 33.9 Å². The fourth-order valence-corrected chi connectivity index (χ4v) is 10.5. The second kappa shape index (κ2) is 20.1. The second-order valence-corrected chi connectivity index (χ2v) is 21.7. The number of carbonyl (C=O) groups excluding carboxylic acids is 5. The van der Waals surface area contributed by atoms with E-state index in [1.807, 2.05) is 62.7 Å². The molecule has 1 fully saturated rings.